The maximum absolute atomic E-state index is 13.3. The normalized spacial score (nSPS) is 26.6. The molecule has 2 aliphatic heterocycles. The van der Waals surface area contributed by atoms with Gasteiger partial charge in [0.15, 0.2) is 12.2 Å². The Morgan fingerprint density at radius 3 is 1.31 bits per heavy atom. The first kappa shape index (κ1) is 23.3. The molecule has 35 heavy (non-hydrogen) atoms. The van der Waals surface area contributed by atoms with E-state index in [1.165, 1.54) is 0 Å². The zero-order chi connectivity index (χ0) is 24.8. The molecule has 1 fully saturated rings. The van der Waals surface area contributed by atoms with E-state index in [9.17, 15) is 9.59 Å². The van der Waals surface area contributed by atoms with Crippen molar-refractivity contribution in [3.8, 4) is 0 Å². The van der Waals surface area contributed by atoms with Crippen molar-refractivity contribution in [2.24, 2.45) is 11.8 Å². The second-order valence-electron chi connectivity index (χ2n) is 9.93. The lowest BCUT2D eigenvalue weighted by atomic mass is 9.66. The molecule has 4 atom stereocenters. The minimum absolute atomic E-state index is 0.0572. The Labute approximate surface area is 206 Å². The van der Waals surface area contributed by atoms with E-state index in [2.05, 4.69) is 27.7 Å². The largest absolute Gasteiger partial charge is 0.451 e. The van der Waals surface area contributed by atoms with Crippen molar-refractivity contribution in [1.82, 2.24) is 0 Å². The number of hydrogen-bond acceptors (Lipinski definition) is 5. The fourth-order valence-corrected chi connectivity index (χ4v) is 5.76. The van der Waals surface area contributed by atoms with Crippen molar-refractivity contribution in [3.05, 3.63) is 107 Å². The van der Waals surface area contributed by atoms with Crippen molar-refractivity contribution in [2.45, 2.75) is 51.1 Å². The van der Waals surface area contributed by atoms with Gasteiger partial charge >= 0.3 is 11.9 Å². The Morgan fingerprint density at radius 2 is 0.971 bits per heavy atom. The summed E-state index contributed by atoms with van der Waals surface area (Å²) < 4.78 is 19.5. The van der Waals surface area contributed by atoms with Gasteiger partial charge in [0.2, 0.25) is 0 Å². The van der Waals surface area contributed by atoms with E-state index in [-0.39, 0.29) is 11.8 Å². The third-order valence-electron chi connectivity index (χ3n) is 7.43. The molecule has 3 aromatic rings. The minimum atomic E-state index is -0.951. The highest BCUT2D eigenvalue weighted by Gasteiger charge is 2.75. The molecule has 0 aliphatic carbocycles. The maximum Gasteiger partial charge on any atom is 0.338 e. The summed E-state index contributed by atoms with van der Waals surface area (Å²) in [6.45, 7) is 8.21. The van der Waals surface area contributed by atoms with Gasteiger partial charge in [-0.2, -0.15) is 0 Å². The Bertz CT molecular complexity index is 1140. The number of carbonyl (C=O) groups is 2. The molecule has 5 rings (SSSR count). The molecule has 5 nitrogen and oxygen atoms in total. The molecule has 2 aliphatic rings. The van der Waals surface area contributed by atoms with E-state index < -0.39 is 35.3 Å². The summed E-state index contributed by atoms with van der Waals surface area (Å²) >= 11 is 0. The fraction of sp³-hybridized carbons (Fsp3) is 0.333. The van der Waals surface area contributed by atoms with E-state index in [1.807, 2.05) is 36.4 Å². The molecule has 180 valence electrons. The topological polar surface area (TPSA) is 61.8 Å². The SMILES string of the molecule is CC(C)C12OC(C(C)C)(c3ccccc31)C(OC(=O)c1ccccc1)C2OC(=O)c1ccccc1. The highest BCUT2D eigenvalue weighted by Crippen LogP contribution is 2.65. The van der Waals surface area contributed by atoms with Gasteiger partial charge in [-0.3, -0.25) is 0 Å². The molecule has 3 aromatic carbocycles. The molecular weight excluding hydrogens is 440 g/mol. The van der Waals surface area contributed by atoms with Crippen LogP contribution in [0.4, 0.5) is 0 Å². The first-order valence-corrected chi connectivity index (χ1v) is 12.1. The van der Waals surface area contributed by atoms with E-state index in [0.717, 1.165) is 11.1 Å². The van der Waals surface area contributed by atoms with E-state index in [0.29, 0.717) is 11.1 Å². The number of rotatable bonds is 6. The lowest BCUT2D eigenvalue weighted by Gasteiger charge is -2.41. The molecule has 0 spiro atoms. The van der Waals surface area contributed by atoms with Gasteiger partial charge < -0.3 is 14.2 Å². The van der Waals surface area contributed by atoms with Crippen LogP contribution in [0.25, 0.3) is 0 Å². The van der Waals surface area contributed by atoms with Gasteiger partial charge in [-0.25, -0.2) is 9.59 Å². The van der Waals surface area contributed by atoms with Crippen LogP contribution in [0.5, 0.6) is 0 Å². The second kappa shape index (κ2) is 8.65. The summed E-state index contributed by atoms with van der Waals surface area (Å²) in [5.74, 6) is -1.05. The van der Waals surface area contributed by atoms with Crippen LogP contribution in [0.1, 0.15) is 59.5 Å². The van der Waals surface area contributed by atoms with Crippen LogP contribution < -0.4 is 0 Å². The fourth-order valence-electron chi connectivity index (χ4n) is 5.76. The van der Waals surface area contributed by atoms with Crippen molar-refractivity contribution < 1.29 is 23.8 Å². The van der Waals surface area contributed by atoms with Crippen molar-refractivity contribution in [2.75, 3.05) is 0 Å². The quantitative estimate of drug-likeness (QED) is 0.421. The molecule has 0 N–H and O–H groups in total. The van der Waals surface area contributed by atoms with Crippen LogP contribution in [-0.2, 0) is 25.4 Å². The van der Waals surface area contributed by atoms with Crippen molar-refractivity contribution >= 4 is 11.9 Å². The van der Waals surface area contributed by atoms with Crippen LogP contribution in [0.3, 0.4) is 0 Å². The zero-order valence-electron chi connectivity index (χ0n) is 20.4. The number of hydrogen-bond donors (Lipinski definition) is 0. The summed E-state index contributed by atoms with van der Waals surface area (Å²) in [5, 5.41) is 0. The number of carbonyl (C=O) groups excluding carboxylic acids is 2. The lowest BCUT2D eigenvalue weighted by Crippen LogP contribution is -2.54. The molecule has 2 bridgehead atoms. The highest BCUT2D eigenvalue weighted by molar-refractivity contribution is 5.90. The third kappa shape index (κ3) is 3.41. The molecule has 0 amide bonds. The van der Waals surface area contributed by atoms with Crippen LogP contribution in [0.15, 0.2) is 84.9 Å². The van der Waals surface area contributed by atoms with Gasteiger partial charge in [-0.15, -0.1) is 0 Å². The van der Waals surface area contributed by atoms with E-state index >= 15 is 0 Å². The highest BCUT2D eigenvalue weighted by atomic mass is 16.7. The van der Waals surface area contributed by atoms with Crippen LogP contribution in [-0.4, -0.2) is 24.1 Å². The molecule has 5 heteroatoms. The number of benzene rings is 3. The number of esters is 2. The molecule has 0 aromatic heterocycles. The standard InChI is InChI=1S/C30H30O5/c1-19(2)29-23-17-11-12-18-24(23)30(35-29,20(3)4)26(34-28(32)22-15-9-6-10-16-22)25(29)33-27(31)21-13-7-5-8-14-21/h5-20,25-26H,1-4H3. The van der Waals surface area contributed by atoms with Gasteiger partial charge in [0.05, 0.1) is 11.1 Å². The molecule has 2 heterocycles. The molecular formula is C30H30O5. The molecule has 1 saturated heterocycles. The summed E-state index contributed by atoms with van der Waals surface area (Å²) in [6.07, 6.45) is -1.64. The van der Waals surface area contributed by atoms with E-state index in [1.54, 1.807) is 48.5 Å². The van der Waals surface area contributed by atoms with Gasteiger partial charge in [0.25, 0.3) is 0 Å². The molecule has 0 saturated carbocycles. The first-order valence-electron chi connectivity index (χ1n) is 12.1. The average molecular weight is 471 g/mol. The number of ether oxygens (including phenoxy) is 3. The van der Waals surface area contributed by atoms with Gasteiger partial charge in [-0.05, 0) is 47.2 Å². The molecule has 0 radical (unpaired) electrons. The molecule has 4 unspecified atom stereocenters. The summed E-state index contributed by atoms with van der Waals surface area (Å²) in [4.78, 5) is 26.6. The Hall–Kier alpha value is -3.44. The third-order valence-corrected chi connectivity index (χ3v) is 7.43. The van der Waals surface area contributed by atoms with Crippen LogP contribution in [0.2, 0.25) is 0 Å². The summed E-state index contributed by atoms with van der Waals surface area (Å²) in [5.41, 5.74) is 0.950. The maximum atomic E-state index is 13.3. The monoisotopic (exact) mass is 470 g/mol. The summed E-state index contributed by atoms with van der Waals surface area (Å²) in [6, 6.07) is 25.8. The second-order valence-corrected chi connectivity index (χ2v) is 9.93. The first-order chi connectivity index (χ1) is 16.8. The summed E-state index contributed by atoms with van der Waals surface area (Å²) in [7, 11) is 0. The van der Waals surface area contributed by atoms with E-state index in [4.69, 9.17) is 14.2 Å². The Kier molecular flexibility index (Phi) is 5.76. The minimum Gasteiger partial charge on any atom is -0.451 e. The smallest absolute Gasteiger partial charge is 0.338 e. The predicted octanol–water partition coefficient (Wildman–Crippen LogP) is 5.88. The van der Waals surface area contributed by atoms with Crippen LogP contribution in [0, 0.1) is 11.8 Å². The van der Waals surface area contributed by atoms with Gasteiger partial charge in [-0.1, -0.05) is 88.4 Å². The van der Waals surface area contributed by atoms with Gasteiger partial charge in [0, 0.05) is 0 Å². The van der Waals surface area contributed by atoms with Gasteiger partial charge in [0.1, 0.15) is 11.2 Å². The average Bonchev–Trinajstić information content (AvgIpc) is 3.35. The number of fused-ring (bicyclic) bond motifs is 5. The Balaban J connectivity index is 1.65. The zero-order valence-corrected chi connectivity index (χ0v) is 20.4. The predicted molar refractivity (Wildman–Crippen MR) is 132 cm³/mol. The van der Waals surface area contributed by atoms with Crippen molar-refractivity contribution in [1.29, 1.82) is 0 Å². The lowest BCUT2D eigenvalue weighted by molar-refractivity contribution is -0.158. The Morgan fingerprint density at radius 1 is 0.629 bits per heavy atom. The van der Waals surface area contributed by atoms with Crippen LogP contribution >= 0.6 is 0 Å². The van der Waals surface area contributed by atoms with Crippen molar-refractivity contribution in [3.63, 3.8) is 0 Å².